The number of para-hydroxylation sites is 1. The van der Waals surface area contributed by atoms with Crippen LogP contribution in [-0.2, 0) is 31.1 Å². The fourth-order valence-corrected chi connectivity index (χ4v) is 8.34. The molecule has 2 aromatic rings. The summed E-state index contributed by atoms with van der Waals surface area (Å²) in [4.78, 5) is 15.2. The third-order valence-electron chi connectivity index (χ3n) is 9.32. The molecule has 1 N–H and O–H groups in total. The van der Waals surface area contributed by atoms with Gasteiger partial charge in [-0.3, -0.25) is 4.79 Å². The van der Waals surface area contributed by atoms with E-state index in [1.165, 1.54) is 0 Å². The lowest BCUT2D eigenvalue weighted by atomic mass is 9.81. The zero-order chi connectivity index (χ0) is 36.0. The molecule has 0 aliphatic carbocycles. The highest BCUT2D eigenvalue weighted by molar-refractivity contribution is 7.98. The molecule has 268 valence electrons. The average molecular weight is 731 g/mol. The molecule has 0 spiro atoms. The standard InChI is InChI=1S/C36H49N3O7S3/c1-35(2)28-14-6-7-15-30(28)38(21-8-10-24-48(41,42)43)32(35)16-12-17-33-36(3,4)29-26-27(34(40)37-20-13-23-47-5)18-19-31(29)39(33)22-9-11-25-49(44,45)46/h6-7,12,14-19,26H,8-11,13,20-25H2,1-5H3,(H2-,37,40,41,42,43,44,45,46)/p-1. The highest BCUT2D eigenvalue weighted by Gasteiger charge is 2.44. The van der Waals surface area contributed by atoms with Crippen LogP contribution in [0.25, 0.3) is 0 Å². The second-order valence-electron chi connectivity index (χ2n) is 13.6. The number of hydrogen-bond acceptors (Lipinski definition) is 9. The Kier molecular flexibility index (Phi) is 12.6. The van der Waals surface area contributed by atoms with E-state index >= 15 is 0 Å². The zero-order valence-electron chi connectivity index (χ0n) is 29.0. The second kappa shape index (κ2) is 15.9. The summed E-state index contributed by atoms with van der Waals surface area (Å²) in [6.07, 6.45) is 10.6. The molecule has 0 atom stereocenters. The van der Waals surface area contributed by atoms with E-state index in [1.54, 1.807) is 11.8 Å². The van der Waals surface area contributed by atoms with E-state index in [0.29, 0.717) is 38.0 Å². The van der Waals surface area contributed by atoms with Crippen LogP contribution >= 0.6 is 11.8 Å². The topological polar surface area (TPSA) is 150 Å². The molecule has 10 nitrogen and oxygen atoms in total. The smallest absolute Gasteiger partial charge is 0.251 e. The number of hydrogen-bond donors (Lipinski definition) is 1. The Labute approximate surface area is 296 Å². The summed E-state index contributed by atoms with van der Waals surface area (Å²) < 4.78 is 69.7. The number of nitrogens with one attached hydrogen (secondary N) is 1. The summed E-state index contributed by atoms with van der Waals surface area (Å²) in [5.74, 6) is 0.0253. The van der Waals surface area contributed by atoms with Crippen molar-refractivity contribution in [2.75, 3.05) is 48.0 Å². The lowest BCUT2D eigenvalue weighted by Crippen LogP contribution is -2.28. The molecular formula is C36H48N3O7S3-. The fraction of sp³-hybridized carbons (Fsp3) is 0.500. The third-order valence-corrected chi connectivity index (χ3v) is 11.6. The molecule has 2 aliphatic rings. The molecule has 0 fully saturated rings. The van der Waals surface area contributed by atoms with Crippen LogP contribution in [-0.4, -0.2) is 85.3 Å². The highest BCUT2D eigenvalue weighted by Crippen LogP contribution is 2.48. The van der Waals surface area contributed by atoms with Crippen LogP contribution in [0.5, 0.6) is 0 Å². The normalized spacial score (nSPS) is 17.6. The number of carbonyl (C=O) groups excluding carboxylic acids is 1. The van der Waals surface area contributed by atoms with Gasteiger partial charge in [-0.05, 0) is 81.4 Å². The van der Waals surface area contributed by atoms with Gasteiger partial charge < -0.3 is 19.3 Å². The molecule has 49 heavy (non-hydrogen) atoms. The lowest BCUT2D eigenvalue weighted by molar-refractivity contribution is -0.438. The number of unbranched alkanes of at least 4 members (excludes halogenated alkanes) is 2. The van der Waals surface area contributed by atoms with Crippen LogP contribution in [0, 0.1) is 0 Å². The van der Waals surface area contributed by atoms with Crippen molar-refractivity contribution >= 4 is 55.0 Å². The summed E-state index contributed by atoms with van der Waals surface area (Å²) >= 11 is 1.74. The number of nitrogens with zero attached hydrogens (tertiary/aromatic N) is 2. The predicted octanol–water partition coefficient (Wildman–Crippen LogP) is 5.43. The van der Waals surface area contributed by atoms with Gasteiger partial charge in [-0.2, -0.15) is 16.3 Å². The minimum Gasteiger partial charge on any atom is -0.748 e. The van der Waals surface area contributed by atoms with Crippen LogP contribution in [0.2, 0.25) is 0 Å². The molecule has 13 heteroatoms. The number of fused-ring (bicyclic) bond motifs is 2. The van der Waals surface area contributed by atoms with Gasteiger partial charge in [0.15, 0.2) is 5.71 Å². The first-order valence-corrected chi connectivity index (χ1v) is 21.2. The number of allylic oxidation sites excluding steroid dienone is 4. The van der Waals surface area contributed by atoms with Crippen LogP contribution in [0.15, 0.2) is 66.4 Å². The fourth-order valence-electron chi connectivity index (χ4n) is 6.79. The van der Waals surface area contributed by atoms with Crippen LogP contribution in [0.4, 0.5) is 11.4 Å². The van der Waals surface area contributed by atoms with Gasteiger partial charge in [-0.15, -0.1) is 0 Å². The van der Waals surface area contributed by atoms with Gasteiger partial charge in [0.2, 0.25) is 5.69 Å². The Morgan fingerprint density at radius 3 is 2.24 bits per heavy atom. The highest BCUT2D eigenvalue weighted by atomic mass is 32.2. The van der Waals surface area contributed by atoms with Gasteiger partial charge in [0, 0.05) is 71.1 Å². The SMILES string of the molecule is CSCCCNC(=O)c1ccc2c(c1)C(C)(C)/C(=C\C=C\C1=[N+](CCCCS(=O)(=O)[O-])c3ccccc3C1(C)C)N2CCCCS(=O)(=O)[O-]. The molecule has 0 unspecified atom stereocenters. The largest absolute Gasteiger partial charge is 0.748 e. The number of amides is 1. The number of rotatable bonds is 17. The average Bonchev–Trinajstić information content (AvgIpc) is 3.37. The van der Waals surface area contributed by atoms with Crippen molar-refractivity contribution in [2.24, 2.45) is 0 Å². The molecule has 0 saturated heterocycles. The summed E-state index contributed by atoms with van der Waals surface area (Å²) in [5, 5.41) is 3.01. The second-order valence-corrected chi connectivity index (χ2v) is 17.7. The van der Waals surface area contributed by atoms with Gasteiger partial charge in [0.1, 0.15) is 6.54 Å². The van der Waals surface area contributed by atoms with Crippen LogP contribution < -0.4 is 10.2 Å². The van der Waals surface area contributed by atoms with E-state index in [-0.39, 0.29) is 24.2 Å². The predicted molar refractivity (Wildman–Crippen MR) is 196 cm³/mol. The summed E-state index contributed by atoms with van der Waals surface area (Å²) in [7, 11) is -8.59. The van der Waals surface area contributed by atoms with Gasteiger partial charge in [-0.25, -0.2) is 16.8 Å². The first kappa shape index (κ1) is 38.8. The summed E-state index contributed by atoms with van der Waals surface area (Å²) in [6.45, 7) is 10.2. The minimum atomic E-state index is -4.31. The van der Waals surface area contributed by atoms with Crippen molar-refractivity contribution in [3.63, 3.8) is 0 Å². The Bertz CT molecular complexity index is 1850. The van der Waals surface area contributed by atoms with E-state index in [4.69, 9.17) is 0 Å². The molecule has 2 aliphatic heterocycles. The van der Waals surface area contributed by atoms with Crippen molar-refractivity contribution in [1.82, 2.24) is 5.32 Å². The summed E-state index contributed by atoms with van der Waals surface area (Å²) in [5.41, 5.74) is 5.87. The molecule has 2 heterocycles. The number of anilines is 1. The quantitative estimate of drug-likeness (QED) is 0.128. The van der Waals surface area contributed by atoms with Gasteiger partial charge >= 0.3 is 0 Å². The number of benzene rings is 2. The van der Waals surface area contributed by atoms with Crippen molar-refractivity contribution < 1.29 is 35.3 Å². The van der Waals surface area contributed by atoms with Crippen molar-refractivity contribution in [3.05, 3.63) is 83.1 Å². The van der Waals surface area contributed by atoms with Crippen LogP contribution in [0.1, 0.15) is 81.3 Å². The van der Waals surface area contributed by atoms with Crippen molar-refractivity contribution in [1.29, 1.82) is 0 Å². The van der Waals surface area contributed by atoms with E-state index in [9.17, 15) is 30.7 Å². The molecule has 0 radical (unpaired) electrons. The van der Waals surface area contributed by atoms with Gasteiger partial charge in [0.25, 0.3) is 5.91 Å². The molecule has 1 amide bonds. The maximum atomic E-state index is 13.0. The lowest BCUT2D eigenvalue weighted by Gasteiger charge is -2.27. The van der Waals surface area contributed by atoms with Crippen LogP contribution in [0.3, 0.4) is 0 Å². The third kappa shape index (κ3) is 9.63. The van der Waals surface area contributed by atoms with E-state index in [2.05, 4.69) is 66.8 Å². The molecule has 2 aromatic carbocycles. The molecular weight excluding hydrogens is 683 g/mol. The molecule has 0 aromatic heterocycles. The maximum absolute atomic E-state index is 13.0. The Morgan fingerprint density at radius 1 is 0.898 bits per heavy atom. The molecule has 0 bridgehead atoms. The summed E-state index contributed by atoms with van der Waals surface area (Å²) in [6, 6.07) is 13.8. The number of thioether (sulfide) groups is 1. The van der Waals surface area contributed by atoms with Gasteiger partial charge in [0.05, 0.1) is 25.7 Å². The Morgan fingerprint density at radius 2 is 1.57 bits per heavy atom. The first-order valence-electron chi connectivity index (χ1n) is 16.7. The first-order chi connectivity index (χ1) is 23.0. The zero-order valence-corrected chi connectivity index (χ0v) is 31.5. The Balaban J connectivity index is 1.68. The van der Waals surface area contributed by atoms with E-state index < -0.39 is 37.2 Å². The van der Waals surface area contributed by atoms with E-state index in [1.807, 2.05) is 42.7 Å². The molecule has 4 rings (SSSR count). The monoisotopic (exact) mass is 730 g/mol. The maximum Gasteiger partial charge on any atom is 0.251 e. The van der Waals surface area contributed by atoms with Crippen molar-refractivity contribution in [2.45, 2.75) is 70.6 Å². The van der Waals surface area contributed by atoms with Gasteiger partial charge in [-0.1, -0.05) is 38.1 Å². The molecule has 0 saturated carbocycles. The Hall–Kier alpha value is -2.97. The minimum absolute atomic E-state index is 0.128. The van der Waals surface area contributed by atoms with E-state index in [0.717, 1.165) is 46.1 Å². The van der Waals surface area contributed by atoms with Crippen molar-refractivity contribution in [3.8, 4) is 0 Å². The number of carbonyl (C=O) groups is 1.